The topological polar surface area (TPSA) is 89.1 Å². The summed E-state index contributed by atoms with van der Waals surface area (Å²) in [5, 5.41) is 8.78. The van der Waals surface area contributed by atoms with Crippen LogP contribution in [0.15, 0.2) is 42.7 Å². The Bertz CT molecular complexity index is 1360. The summed E-state index contributed by atoms with van der Waals surface area (Å²) in [7, 11) is 4.86. The van der Waals surface area contributed by atoms with Gasteiger partial charge in [-0.1, -0.05) is 6.07 Å². The quantitative estimate of drug-likeness (QED) is 0.406. The number of rotatable bonds is 4. The SMILES string of the molecule is COCc1nnc2n1Cc1c(C#Cc3cccc(OC)n3)ncn1-c1ccc(OC)cc1-2. The molecule has 9 nitrogen and oxygen atoms in total. The highest BCUT2D eigenvalue weighted by Gasteiger charge is 2.26. The van der Waals surface area contributed by atoms with Crippen LogP contribution in [0.25, 0.3) is 17.1 Å². The van der Waals surface area contributed by atoms with E-state index in [1.165, 1.54) is 0 Å². The van der Waals surface area contributed by atoms with Gasteiger partial charge in [-0.25, -0.2) is 9.97 Å². The van der Waals surface area contributed by atoms with Gasteiger partial charge in [-0.2, -0.15) is 0 Å². The normalized spacial score (nSPS) is 11.5. The molecule has 1 aliphatic heterocycles. The number of methoxy groups -OCH3 is 3. The van der Waals surface area contributed by atoms with E-state index in [0.29, 0.717) is 30.4 Å². The Morgan fingerprint density at radius 3 is 2.75 bits per heavy atom. The number of pyridine rings is 1. The third-order valence-corrected chi connectivity index (χ3v) is 5.22. The fourth-order valence-electron chi connectivity index (χ4n) is 3.68. The van der Waals surface area contributed by atoms with E-state index >= 15 is 0 Å². The summed E-state index contributed by atoms with van der Waals surface area (Å²) >= 11 is 0. The highest BCUT2D eigenvalue weighted by molar-refractivity contribution is 5.71. The van der Waals surface area contributed by atoms with Crippen molar-refractivity contribution in [1.82, 2.24) is 29.3 Å². The molecule has 0 bridgehead atoms. The van der Waals surface area contributed by atoms with Crippen molar-refractivity contribution in [3.8, 4) is 40.5 Å². The predicted molar refractivity (Wildman–Crippen MR) is 116 cm³/mol. The summed E-state index contributed by atoms with van der Waals surface area (Å²) < 4.78 is 20.0. The predicted octanol–water partition coefficient (Wildman–Crippen LogP) is 2.45. The first-order valence-corrected chi connectivity index (χ1v) is 9.91. The molecular formula is C23H20N6O3. The van der Waals surface area contributed by atoms with E-state index in [1.807, 2.05) is 39.5 Å². The second-order valence-electron chi connectivity index (χ2n) is 7.07. The first-order valence-electron chi connectivity index (χ1n) is 9.91. The van der Waals surface area contributed by atoms with Gasteiger partial charge in [-0.15, -0.1) is 10.2 Å². The molecule has 0 amide bonds. The minimum Gasteiger partial charge on any atom is -0.497 e. The van der Waals surface area contributed by atoms with Gasteiger partial charge >= 0.3 is 0 Å². The number of hydrogen-bond acceptors (Lipinski definition) is 7. The van der Waals surface area contributed by atoms with Crippen molar-refractivity contribution in [2.45, 2.75) is 13.2 Å². The Hall–Kier alpha value is -4.16. The lowest BCUT2D eigenvalue weighted by atomic mass is 10.1. The third kappa shape index (κ3) is 3.36. The lowest BCUT2D eigenvalue weighted by Gasteiger charge is -2.09. The molecule has 0 N–H and O–H groups in total. The van der Waals surface area contributed by atoms with Crippen LogP contribution in [0.1, 0.15) is 22.9 Å². The van der Waals surface area contributed by atoms with Crippen LogP contribution in [-0.2, 0) is 17.9 Å². The van der Waals surface area contributed by atoms with Gasteiger partial charge in [0.05, 0.1) is 32.1 Å². The molecule has 4 aromatic rings. The average Bonchev–Trinajstić information content (AvgIpc) is 3.38. The van der Waals surface area contributed by atoms with Crippen LogP contribution in [0.4, 0.5) is 0 Å². The average molecular weight is 428 g/mol. The van der Waals surface area contributed by atoms with Gasteiger partial charge in [0.25, 0.3) is 0 Å². The molecular weight excluding hydrogens is 408 g/mol. The Morgan fingerprint density at radius 2 is 1.94 bits per heavy atom. The van der Waals surface area contributed by atoms with Crippen molar-refractivity contribution in [2.75, 3.05) is 21.3 Å². The van der Waals surface area contributed by atoms with Crippen LogP contribution in [0.2, 0.25) is 0 Å². The zero-order chi connectivity index (χ0) is 22.1. The molecule has 1 aliphatic rings. The molecule has 0 saturated carbocycles. The molecule has 0 saturated heterocycles. The second-order valence-corrected chi connectivity index (χ2v) is 7.07. The molecule has 0 atom stereocenters. The maximum Gasteiger partial charge on any atom is 0.214 e. The molecule has 0 radical (unpaired) electrons. The van der Waals surface area contributed by atoms with E-state index in [4.69, 9.17) is 14.2 Å². The summed E-state index contributed by atoms with van der Waals surface area (Å²) in [5.41, 5.74) is 4.00. The molecule has 9 heteroatoms. The van der Waals surface area contributed by atoms with Gasteiger partial charge < -0.3 is 18.8 Å². The zero-order valence-corrected chi connectivity index (χ0v) is 17.9. The molecule has 0 aliphatic carbocycles. The van der Waals surface area contributed by atoms with Crippen molar-refractivity contribution >= 4 is 0 Å². The molecule has 160 valence electrons. The highest BCUT2D eigenvalue weighted by Crippen LogP contribution is 2.34. The lowest BCUT2D eigenvalue weighted by Crippen LogP contribution is -2.09. The third-order valence-electron chi connectivity index (χ3n) is 5.22. The Kier molecular flexibility index (Phi) is 5.05. The Morgan fingerprint density at radius 1 is 1.03 bits per heavy atom. The largest absolute Gasteiger partial charge is 0.497 e. The highest BCUT2D eigenvalue weighted by atomic mass is 16.5. The monoisotopic (exact) mass is 428 g/mol. The van der Waals surface area contributed by atoms with Crippen LogP contribution in [-0.4, -0.2) is 50.6 Å². The summed E-state index contributed by atoms with van der Waals surface area (Å²) in [6.45, 7) is 0.836. The molecule has 0 spiro atoms. The van der Waals surface area contributed by atoms with E-state index in [-0.39, 0.29) is 0 Å². The van der Waals surface area contributed by atoms with Crippen molar-refractivity contribution in [2.24, 2.45) is 0 Å². The molecule has 4 heterocycles. The number of hydrogen-bond donors (Lipinski definition) is 0. The zero-order valence-electron chi connectivity index (χ0n) is 17.9. The molecule has 5 rings (SSSR count). The Balaban J connectivity index is 1.66. The second kappa shape index (κ2) is 8.17. The van der Waals surface area contributed by atoms with Crippen molar-refractivity contribution in [3.63, 3.8) is 0 Å². The van der Waals surface area contributed by atoms with E-state index in [9.17, 15) is 0 Å². The van der Waals surface area contributed by atoms with E-state index < -0.39 is 0 Å². The Labute approximate surface area is 184 Å². The summed E-state index contributed by atoms with van der Waals surface area (Å²) in [6.07, 6.45) is 1.78. The van der Waals surface area contributed by atoms with Crippen LogP contribution in [0.3, 0.4) is 0 Å². The summed E-state index contributed by atoms with van der Waals surface area (Å²) in [5.74, 6) is 8.97. The smallest absolute Gasteiger partial charge is 0.214 e. The van der Waals surface area contributed by atoms with Gasteiger partial charge in [-0.05, 0) is 36.1 Å². The fraction of sp³-hybridized carbons (Fsp3) is 0.217. The maximum atomic E-state index is 5.44. The molecule has 3 aromatic heterocycles. The van der Waals surface area contributed by atoms with E-state index in [2.05, 4.69) is 32.0 Å². The van der Waals surface area contributed by atoms with Gasteiger partial charge in [-0.3, -0.25) is 4.57 Å². The van der Waals surface area contributed by atoms with Crippen molar-refractivity contribution < 1.29 is 14.2 Å². The number of aromatic nitrogens is 6. The standard InChI is InChI=1S/C23H20N6O3/c1-30-13-21-26-27-23-17-11-16(31-2)8-10-19(17)29-14-24-18(20(29)12-28(21)23)9-7-15-5-4-6-22(25-15)32-3/h4-6,8,10-11,14H,12-13H2,1-3H3. The molecule has 1 aromatic carbocycles. The van der Waals surface area contributed by atoms with Crippen LogP contribution >= 0.6 is 0 Å². The van der Waals surface area contributed by atoms with Gasteiger partial charge in [0, 0.05) is 18.7 Å². The summed E-state index contributed by atoms with van der Waals surface area (Å²) in [6, 6.07) is 11.3. The van der Waals surface area contributed by atoms with Gasteiger partial charge in [0.2, 0.25) is 5.88 Å². The molecule has 32 heavy (non-hydrogen) atoms. The number of nitrogens with zero attached hydrogens (tertiary/aromatic N) is 6. The summed E-state index contributed by atoms with van der Waals surface area (Å²) in [4.78, 5) is 8.94. The first-order chi connectivity index (χ1) is 15.7. The lowest BCUT2D eigenvalue weighted by molar-refractivity contribution is 0.174. The van der Waals surface area contributed by atoms with E-state index in [1.54, 1.807) is 33.7 Å². The van der Waals surface area contributed by atoms with E-state index in [0.717, 1.165) is 34.3 Å². The van der Waals surface area contributed by atoms with Gasteiger partial charge in [0.15, 0.2) is 11.6 Å². The minimum atomic E-state index is 0.342. The van der Waals surface area contributed by atoms with Crippen LogP contribution < -0.4 is 9.47 Å². The van der Waals surface area contributed by atoms with Crippen LogP contribution in [0.5, 0.6) is 11.6 Å². The number of imidazole rings is 1. The van der Waals surface area contributed by atoms with Crippen LogP contribution in [0, 0.1) is 11.8 Å². The fourth-order valence-corrected chi connectivity index (χ4v) is 3.68. The maximum absolute atomic E-state index is 5.44. The number of fused-ring (bicyclic) bond motifs is 5. The minimum absolute atomic E-state index is 0.342. The molecule has 0 unspecified atom stereocenters. The first kappa shape index (κ1) is 19.8. The number of benzene rings is 1. The van der Waals surface area contributed by atoms with Crippen molar-refractivity contribution in [3.05, 3.63) is 65.6 Å². The molecule has 0 fully saturated rings. The van der Waals surface area contributed by atoms with Crippen molar-refractivity contribution in [1.29, 1.82) is 0 Å². The van der Waals surface area contributed by atoms with Gasteiger partial charge in [0.1, 0.15) is 30.1 Å². The number of ether oxygens (including phenoxy) is 3.